The van der Waals surface area contributed by atoms with Crippen LogP contribution in [0.1, 0.15) is 21.5 Å². The van der Waals surface area contributed by atoms with E-state index in [0.717, 1.165) is 92.0 Å². The lowest BCUT2D eigenvalue weighted by Crippen LogP contribution is -2.44. The fraction of sp³-hybridized carbons (Fsp3) is 0.367. The molecular weight excluding hydrogens is 462 g/mol. The van der Waals surface area contributed by atoms with Crippen LogP contribution in [0.5, 0.6) is 0 Å². The maximum Gasteiger partial charge on any atom is 0.250 e. The number of primary amides is 1. The Labute approximate surface area is 217 Å². The molecule has 0 spiro atoms. The zero-order valence-electron chi connectivity index (χ0n) is 21.7. The molecule has 0 aliphatic carbocycles. The van der Waals surface area contributed by atoms with Crippen molar-refractivity contribution in [2.45, 2.75) is 13.5 Å². The number of fused-ring (bicyclic) bond motifs is 3. The standard InChI is InChI=1S/C30H35N5O2/c1-20-15-21(3-4-22(20)19-34-11-13-37-14-12-34)23-16-26-25-6-5-24(35-9-7-33(2)8-10-35)18-28(25)32-29(26)27(17-23)30(31)36/h3-6,15-18,32H,7-14,19H2,1-2H3,(H2,31,36). The molecule has 37 heavy (non-hydrogen) atoms. The van der Waals surface area contributed by atoms with Gasteiger partial charge in [0, 0.05) is 67.8 Å². The van der Waals surface area contributed by atoms with E-state index in [1.807, 2.05) is 6.07 Å². The molecule has 2 saturated heterocycles. The number of likely N-dealkylation sites (N-methyl/N-ethyl adjacent to an activating group) is 1. The first-order valence-corrected chi connectivity index (χ1v) is 13.2. The van der Waals surface area contributed by atoms with Gasteiger partial charge in [0.2, 0.25) is 0 Å². The smallest absolute Gasteiger partial charge is 0.250 e. The molecule has 1 amide bonds. The Bertz CT molecular complexity index is 1460. The van der Waals surface area contributed by atoms with Crippen LogP contribution in [0.25, 0.3) is 32.9 Å². The monoisotopic (exact) mass is 497 g/mol. The largest absolute Gasteiger partial charge is 0.379 e. The molecule has 2 aliphatic rings. The van der Waals surface area contributed by atoms with Gasteiger partial charge in [0.05, 0.1) is 24.3 Å². The highest BCUT2D eigenvalue weighted by atomic mass is 16.5. The minimum absolute atomic E-state index is 0.418. The van der Waals surface area contributed by atoms with Crippen LogP contribution in [0.2, 0.25) is 0 Å². The fourth-order valence-corrected chi connectivity index (χ4v) is 5.67. The number of ether oxygens (including phenoxy) is 1. The van der Waals surface area contributed by atoms with Gasteiger partial charge in [-0.2, -0.15) is 0 Å². The lowest BCUT2D eigenvalue weighted by molar-refractivity contribution is 0.0341. The number of hydrogen-bond acceptors (Lipinski definition) is 5. The van der Waals surface area contributed by atoms with E-state index in [2.05, 4.69) is 76.1 Å². The molecule has 2 aliphatic heterocycles. The number of carbonyl (C=O) groups is 1. The predicted octanol–water partition coefficient (Wildman–Crippen LogP) is 3.98. The Morgan fingerprint density at radius 3 is 2.43 bits per heavy atom. The Hall–Kier alpha value is -3.39. The first-order chi connectivity index (χ1) is 18.0. The minimum atomic E-state index is -0.418. The van der Waals surface area contributed by atoms with Gasteiger partial charge in [0.15, 0.2) is 0 Å². The number of H-pyrrole nitrogens is 1. The van der Waals surface area contributed by atoms with Crippen LogP contribution in [-0.4, -0.2) is 80.2 Å². The maximum absolute atomic E-state index is 12.5. The van der Waals surface area contributed by atoms with Gasteiger partial charge in [-0.05, 0) is 60.5 Å². The van der Waals surface area contributed by atoms with Gasteiger partial charge in [0.25, 0.3) is 5.91 Å². The van der Waals surface area contributed by atoms with Crippen LogP contribution in [0, 0.1) is 6.92 Å². The molecule has 7 nitrogen and oxygen atoms in total. The second-order valence-electron chi connectivity index (χ2n) is 10.5. The highest BCUT2D eigenvalue weighted by Gasteiger charge is 2.19. The van der Waals surface area contributed by atoms with Crippen LogP contribution >= 0.6 is 0 Å². The van der Waals surface area contributed by atoms with Gasteiger partial charge >= 0.3 is 0 Å². The lowest BCUT2D eigenvalue weighted by atomic mass is 9.96. The molecule has 3 N–H and O–H groups in total. The van der Waals surface area contributed by atoms with Gasteiger partial charge in [0.1, 0.15) is 0 Å². The zero-order valence-corrected chi connectivity index (χ0v) is 21.7. The summed E-state index contributed by atoms with van der Waals surface area (Å²) in [7, 11) is 2.17. The first kappa shape index (κ1) is 24.0. The third-order valence-corrected chi connectivity index (χ3v) is 8.00. The number of piperazine rings is 1. The summed E-state index contributed by atoms with van der Waals surface area (Å²) >= 11 is 0. The second-order valence-corrected chi connectivity index (χ2v) is 10.5. The topological polar surface area (TPSA) is 77.8 Å². The third-order valence-electron chi connectivity index (χ3n) is 8.00. The summed E-state index contributed by atoms with van der Waals surface area (Å²) in [4.78, 5) is 23.3. The number of aromatic amines is 1. The maximum atomic E-state index is 12.5. The number of anilines is 1. The van der Waals surface area contributed by atoms with Crippen molar-refractivity contribution in [2.24, 2.45) is 5.73 Å². The Balaban J connectivity index is 1.37. The molecule has 6 rings (SSSR count). The van der Waals surface area contributed by atoms with Crippen molar-refractivity contribution < 1.29 is 9.53 Å². The molecule has 1 aromatic heterocycles. The molecule has 3 heterocycles. The number of rotatable bonds is 5. The summed E-state index contributed by atoms with van der Waals surface area (Å²) in [6.45, 7) is 10.8. The van der Waals surface area contributed by atoms with Crippen LogP contribution in [-0.2, 0) is 11.3 Å². The number of nitrogens with zero attached hydrogens (tertiary/aromatic N) is 3. The molecule has 4 aromatic rings. The number of hydrogen-bond donors (Lipinski definition) is 2. The molecule has 3 aromatic carbocycles. The van der Waals surface area contributed by atoms with Crippen molar-refractivity contribution in [3.8, 4) is 11.1 Å². The number of amides is 1. The number of carbonyl (C=O) groups excluding carboxylic acids is 1. The molecule has 7 heteroatoms. The van der Waals surface area contributed by atoms with Gasteiger partial charge in [-0.1, -0.05) is 24.3 Å². The zero-order chi connectivity index (χ0) is 25.5. The summed E-state index contributed by atoms with van der Waals surface area (Å²) in [5.41, 5.74) is 14.1. The summed E-state index contributed by atoms with van der Waals surface area (Å²) in [5.74, 6) is -0.418. The number of nitrogens with one attached hydrogen (secondary N) is 1. The molecule has 192 valence electrons. The highest BCUT2D eigenvalue weighted by molar-refractivity contribution is 6.16. The van der Waals surface area contributed by atoms with Crippen molar-refractivity contribution in [3.63, 3.8) is 0 Å². The van der Waals surface area contributed by atoms with E-state index in [-0.39, 0.29) is 0 Å². The van der Waals surface area contributed by atoms with Crippen molar-refractivity contribution in [1.29, 1.82) is 0 Å². The number of benzene rings is 3. The average molecular weight is 498 g/mol. The number of aryl methyl sites for hydroxylation is 1. The van der Waals surface area contributed by atoms with Crippen molar-refractivity contribution >= 4 is 33.4 Å². The molecule has 2 fully saturated rings. The van der Waals surface area contributed by atoms with Gasteiger partial charge in [-0.15, -0.1) is 0 Å². The van der Waals surface area contributed by atoms with Crippen LogP contribution in [0.4, 0.5) is 5.69 Å². The highest BCUT2D eigenvalue weighted by Crippen LogP contribution is 2.35. The quantitative estimate of drug-likeness (QED) is 0.436. The average Bonchev–Trinajstić information content (AvgIpc) is 3.28. The summed E-state index contributed by atoms with van der Waals surface area (Å²) in [6.07, 6.45) is 0. The van der Waals surface area contributed by atoms with Gasteiger partial charge < -0.3 is 25.3 Å². The molecule has 0 atom stereocenters. The first-order valence-electron chi connectivity index (χ1n) is 13.2. The van der Waals surface area contributed by atoms with Crippen LogP contribution in [0.15, 0.2) is 48.5 Å². The van der Waals surface area contributed by atoms with E-state index in [1.165, 1.54) is 16.8 Å². The molecule has 0 saturated carbocycles. The number of nitrogens with two attached hydrogens (primary N) is 1. The molecule has 0 unspecified atom stereocenters. The third kappa shape index (κ3) is 4.70. The van der Waals surface area contributed by atoms with Crippen LogP contribution < -0.4 is 10.6 Å². The Morgan fingerprint density at radius 2 is 1.70 bits per heavy atom. The van der Waals surface area contributed by atoms with Gasteiger partial charge in [-0.25, -0.2) is 0 Å². The summed E-state index contributed by atoms with van der Waals surface area (Å²) in [6, 6.07) is 17.3. The summed E-state index contributed by atoms with van der Waals surface area (Å²) in [5, 5.41) is 2.14. The van der Waals surface area contributed by atoms with Crippen molar-refractivity contribution in [1.82, 2.24) is 14.8 Å². The predicted molar refractivity (Wildman–Crippen MR) is 150 cm³/mol. The van der Waals surface area contributed by atoms with E-state index in [4.69, 9.17) is 10.5 Å². The Morgan fingerprint density at radius 1 is 0.919 bits per heavy atom. The van der Waals surface area contributed by atoms with Crippen molar-refractivity contribution in [2.75, 3.05) is 64.4 Å². The van der Waals surface area contributed by atoms with E-state index < -0.39 is 5.91 Å². The van der Waals surface area contributed by atoms with E-state index in [0.29, 0.717) is 5.56 Å². The van der Waals surface area contributed by atoms with Crippen molar-refractivity contribution in [3.05, 3.63) is 65.2 Å². The molecular formula is C30H35N5O2. The normalized spacial score (nSPS) is 17.6. The number of morpholine rings is 1. The molecule has 0 bridgehead atoms. The minimum Gasteiger partial charge on any atom is -0.379 e. The lowest BCUT2D eigenvalue weighted by Gasteiger charge is -2.34. The SMILES string of the molecule is Cc1cc(-c2cc(C(N)=O)c3[nH]c4cc(N5CCN(C)CC5)ccc4c3c2)ccc1CN1CCOCC1. The van der Waals surface area contributed by atoms with E-state index in [1.54, 1.807) is 0 Å². The second kappa shape index (κ2) is 9.82. The Kier molecular flexibility index (Phi) is 6.36. The van der Waals surface area contributed by atoms with E-state index in [9.17, 15) is 4.79 Å². The number of aromatic nitrogens is 1. The summed E-state index contributed by atoms with van der Waals surface area (Å²) < 4.78 is 5.49. The fourth-order valence-electron chi connectivity index (χ4n) is 5.67. The van der Waals surface area contributed by atoms with Crippen LogP contribution in [0.3, 0.4) is 0 Å². The van der Waals surface area contributed by atoms with Gasteiger partial charge in [-0.3, -0.25) is 9.69 Å². The molecule has 0 radical (unpaired) electrons. The van der Waals surface area contributed by atoms with E-state index >= 15 is 0 Å².